The summed E-state index contributed by atoms with van der Waals surface area (Å²) in [6.45, 7) is 30.0. The van der Waals surface area contributed by atoms with Crippen LogP contribution >= 0.6 is 0 Å². The number of benzene rings is 8. The Labute approximate surface area is 475 Å². The number of imidazole rings is 1. The van der Waals surface area contributed by atoms with Crippen LogP contribution in [-0.2, 0) is 21.7 Å². The van der Waals surface area contributed by atoms with Gasteiger partial charge in [0, 0.05) is 45.5 Å². The molecule has 0 radical (unpaired) electrons. The number of rotatable bonds is 14. The normalized spacial score (nSPS) is 12.5. The molecular formula is C75H76N4O. The van der Waals surface area contributed by atoms with Crippen molar-refractivity contribution < 1.29 is 9.30 Å². The zero-order chi connectivity index (χ0) is 56.3. The number of para-hydroxylation sites is 1. The Morgan fingerprint density at radius 3 is 1.57 bits per heavy atom. The summed E-state index contributed by atoms with van der Waals surface area (Å²) in [6.07, 6.45) is 8.22. The fourth-order valence-corrected chi connectivity index (χ4v) is 12.0. The van der Waals surface area contributed by atoms with Crippen molar-refractivity contribution in [3.8, 4) is 39.9 Å². The molecule has 3 heterocycles. The molecule has 8 aromatic carbocycles. The predicted molar refractivity (Wildman–Crippen MR) is 333 cm³/mol. The van der Waals surface area contributed by atoms with Gasteiger partial charge in [-0.1, -0.05) is 230 Å². The molecule has 0 unspecified atom stereocenters. The average Bonchev–Trinajstić information content (AvgIpc) is 4.10. The highest BCUT2D eigenvalue weighted by atomic mass is 16.5. The number of nitrogens with zero attached hydrogens (tertiary/aromatic N) is 4. The molecule has 0 saturated carbocycles. The number of hydrogen-bond acceptors (Lipinski definition) is 2. The summed E-state index contributed by atoms with van der Waals surface area (Å²) in [7, 11) is 0. The third kappa shape index (κ3) is 9.86. The van der Waals surface area contributed by atoms with E-state index >= 15 is 0 Å². The van der Waals surface area contributed by atoms with Crippen molar-refractivity contribution in [2.75, 3.05) is 0 Å². The minimum Gasteiger partial charge on any atom is -0.458 e. The van der Waals surface area contributed by atoms with Crippen molar-refractivity contribution in [3.63, 3.8) is 0 Å². The van der Waals surface area contributed by atoms with Crippen LogP contribution in [0, 0.1) is 6.33 Å². The molecule has 0 aliphatic carbocycles. The fraction of sp³-hybridized carbons (Fsp3) is 0.253. The second kappa shape index (κ2) is 20.7. The third-order valence-electron chi connectivity index (χ3n) is 17.0. The summed E-state index contributed by atoms with van der Waals surface area (Å²) in [5.74, 6) is 2.91. The van der Waals surface area contributed by atoms with Crippen LogP contribution in [0.25, 0.3) is 50.3 Å². The lowest BCUT2D eigenvalue weighted by Crippen LogP contribution is -2.31. The Kier molecular flexibility index (Phi) is 13.9. The zero-order valence-electron chi connectivity index (χ0n) is 49.1. The lowest BCUT2D eigenvalue weighted by molar-refractivity contribution is -0.599. The molecule has 5 heteroatoms. The summed E-state index contributed by atoms with van der Waals surface area (Å²) in [5.41, 5.74) is 16.7. The third-order valence-corrected chi connectivity index (χ3v) is 17.0. The van der Waals surface area contributed by atoms with Gasteiger partial charge in [-0.3, -0.25) is 13.7 Å². The maximum atomic E-state index is 7.19. The van der Waals surface area contributed by atoms with Crippen LogP contribution < -0.4 is 9.30 Å². The summed E-state index contributed by atoms with van der Waals surface area (Å²) >= 11 is 0. The van der Waals surface area contributed by atoms with Crippen molar-refractivity contribution >= 4 is 21.8 Å². The Morgan fingerprint density at radius 2 is 1.01 bits per heavy atom. The maximum Gasteiger partial charge on any atom is 0.269 e. The van der Waals surface area contributed by atoms with E-state index < -0.39 is 0 Å². The lowest BCUT2D eigenvalue weighted by Gasteiger charge is -2.32. The molecule has 11 aromatic rings. The van der Waals surface area contributed by atoms with Crippen molar-refractivity contribution in [1.29, 1.82) is 0 Å². The first-order valence-corrected chi connectivity index (χ1v) is 28.6. The van der Waals surface area contributed by atoms with E-state index in [4.69, 9.17) is 9.72 Å². The van der Waals surface area contributed by atoms with E-state index in [0.717, 1.165) is 45.4 Å². The van der Waals surface area contributed by atoms with Crippen LogP contribution in [0.15, 0.2) is 213 Å². The lowest BCUT2D eigenvalue weighted by atomic mass is 9.73. The van der Waals surface area contributed by atoms with E-state index in [1.165, 1.54) is 66.4 Å². The summed E-state index contributed by atoms with van der Waals surface area (Å²) < 4.78 is 14.0. The molecular weight excluding hydrogens is 973 g/mol. The van der Waals surface area contributed by atoms with Crippen LogP contribution in [0.5, 0.6) is 11.5 Å². The number of hydrogen-bond donors (Lipinski definition) is 0. The Bertz CT molecular complexity index is 3940. The number of ether oxygens (including phenoxy) is 1. The average molecular weight is 1050 g/mol. The number of fused-ring (bicyclic) bond motifs is 3. The predicted octanol–water partition coefficient (Wildman–Crippen LogP) is 19.0. The molecule has 0 fully saturated rings. The van der Waals surface area contributed by atoms with Gasteiger partial charge in [0.15, 0.2) is 0 Å². The Balaban J connectivity index is 1.09. The molecule has 0 bridgehead atoms. The summed E-state index contributed by atoms with van der Waals surface area (Å²) in [6, 6.07) is 72.7. The molecule has 3 aromatic heterocycles. The highest BCUT2D eigenvalue weighted by Crippen LogP contribution is 2.44. The van der Waals surface area contributed by atoms with Crippen molar-refractivity contribution in [1.82, 2.24) is 14.1 Å². The van der Waals surface area contributed by atoms with Gasteiger partial charge in [-0.05, 0) is 127 Å². The first-order chi connectivity index (χ1) is 38.2. The van der Waals surface area contributed by atoms with E-state index in [9.17, 15) is 0 Å². The second-order valence-corrected chi connectivity index (χ2v) is 25.2. The molecule has 0 atom stereocenters. The second-order valence-electron chi connectivity index (χ2n) is 25.2. The summed E-state index contributed by atoms with van der Waals surface area (Å²) in [5, 5.41) is 2.39. The molecule has 0 aliphatic heterocycles. The van der Waals surface area contributed by atoms with Crippen molar-refractivity contribution in [2.24, 2.45) is 0 Å². The Hall–Kier alpha value is -8.28. The first-order valence-electron chi connectivity index (χ1n) is 28.6. The standard InChI is InChI=1S/C75H76N4O/c1-50(2)62-36-26-37-63(51(3)4)70(62)68-48-77(59-42-56(74(10,11)53-29-19-15-20-30-53)41-57(43-59)75(12,13)54-31-21-16-22-32-54)49-78(68)58-33-25-34-60(45-58)80-61-46-65(72(5,6)7)71-64-35-23-24-38-66(64)79(67(71)47-61)69-44-55(39-40-76-69)73(8,9)52-27-17-14-18-28-52/h14-48,50-51H,1-13H3. The van der Waals surface area contributed by atoms with E-state index in [1.54, 1.807) is 0 Å². The maximum absolute atomic E-state index is 7.19. The largest absolute Gasteiger partial charge is 0.458 e. The molecule has 0 amide bonds. The minimum absolute atomic E-state index is 0.219. The molecule has 11 rings (SSSR count). The van der Waals surface area contributed by atoms with Crippen LogP contribution in [0.2, 0.25) is 0 Å². The van der Waals surface area contributed by atoms with Gasteiger partial charge in [-0.25, -0.2) is 4.98 Å². The molecule has 80 heavy (non-hydrogen) atoms. The fourth-order valence-electron chi connectivity index (χ4n) is 12.0. The van der Waals surface area contributed by atoms with Gasteiger partial charge in [-0.15, -0.1) is 0 Å². The number of aromatic nitrogens is 4. The van der Waals surface area contributed by atoms with E-state index in [0.29, 0.717) is 0 Å². The first kappa shape index (κ1) is 53.7. The van der Waals surface area contributed by atoms with Gasteiger partial charge in [-0.2, -0.15) is 0 Å². The molecule has 0 N–H and O–H groups in total. The van der Waals surface area contributed by atoms with Crippen molar-refractivity contribution in [3.05, 3.63) is 269 Å². The van der Waals surface area contributed by atoms with Crippen LogP contribution in [0.1, 0.15) is 152 Å². The summed E-state index contributed by atoms with van der Waals surface area (Å²) in [4.78, 5) is 5.11. The Morgan fingerprint density at radius 1 is 0.475 bits per heavy atom. The van der Waals surface area contributed by atoms with Gasteiger partial charge in [0.05, 0.1) is 28.1 Å². The van der Waals surface area contributed by atoms with Gasteiger partial charge in [0.2, 0.25) is 0 Å². The van der Waals surface area contributed by atoms with E-state index in [-0.39, 0.29) is 33.5 Å². The number of pyridine rings is 1. The quantitative estimate of drug-likeness (QED) is 0.0804. The monoisotopic (exact) mass is 1050 g/mol. The molecule has 0 aliphatic rings. The van der Waals surface area contributed by atoms with Gasteiger partial charge in [0.25, 0.3) is 6.33 Å². The minimum atomic E-state index is -0.296. The molecule has 0 saturated heterocycles. The van der Waals surface area contributed by atoms with Gasteiger partial charge >= 0.3 is 0 Å². The smallest absolute Gasteiger partial charge is 0.269 e. The molecule has 0 spiro atoms. The van der Waals surface area contributed by atoms with Crippen molar-refractivity contribution in [2.45, 2.75) is 124 Å². The van der Waals surface area contributed by atoms with Gasteiger partial charge in [0.1, 0.15) is 17.3 Å². The van der Waals surface area contributed by atoms with Crippen LogP contribution in [-0.4, -0.2) is 14.1 Å². The van der Waals surface area contributed by atoms with Gasteiger partial charge < -0.3 is 4.74 Å². The highest BCUT2D eigenvalue weighted by molar-refractivity contribution is 6.11. The van der Waals surface area contributed by atoms with E-state index in [1.807, 2.05) is 6.20 Å². The molecule has 5 nitrogen and oxygen atoms in total. The zero-order valence-corrected chi connectivity index (χ0v) is 49.1. The van der Waals surface area contributed by atoms with Crippen LogP contribution in [0.3, 0.4) is 0 Å². The molecule has 402 valence electrons. The topological polar surface area (TPSA) is 35.9 Å². The van der Waals surface area contributed by atoms with Crippen LogP contribution in [0.4, 0.5) is 0 Å². The SMILES string of the molecule is CC(C)c1cccc(C(C)C)c1-c1c[n+](-c2cc(C(C)(C)c3ccccc3)cc(C(C)(C)c3ccccc3)c2)[c-]n1-c1cccc(Oc2cc(C(C)(C)C)c3c4ccccc4n(-c4cc(C(C)(C)c5ccccc5)ccn4)c3c2)c1. The van der Waals surface area contributed by atoms with E-state index in [2.05, 4.69) is 316 Å². The highest BCUT2D eigenvalue weighted by Gasteiger charge is 2.31.